The van der Waals surface area contributed by atoms with E-state index in [0.717, 1.165) is 15.7 Å². The van der Waals surface area contributed by atoms with Crippen LogP contribution in [0.15, 0.2) is 52.0 Å². The van der Waals surface area contributed by atoms with Crippen molar-refractivity contribution >= 4 is 44.6 Å². The number of carbonyl (C=O) groups excluding carboxylic acids is 1. The minimum Gasteiger partial charge on any atom is -0.397 e. The van der Waals surface area contributed by atoms with E-state index in [1.165, 1.54) is 5.57 Å². The Morgan fingerprint density at radius 2 is 1.65 bits per heavy atom. The first-order valence-corrected chi connectivity index (χ1v) is 8.95. The molecule has 6 nitrogen and oxygen atoms in total. The second kappa shape index (κ2) is 8.62. The van der Waals surface area contributed by atoms with Gasteiger partial charge < -0.3 is 27.8 Å². The van der Waals surface area contributed by atoms with E-state index in [-0.39, 0.29) is 0 Å². The largest absolute Gasteiger partial charge is 0.397 e. The highest BCUT2D eigenvalue weighted by molar-refractivity contribution is 9.10. The van der Waals surface area contributed by atoms with Crippen LogP contribution in [0.4, 0.5) is 22.7 Å². The van der Waals surface area contributed by atoms with Crippen LogP contribution < -0.4 is 27.8 Å². The average Bonchev–Trinajstić information content (AvgIpc) is 2.59. The zero-order chi connectivity index (χ0) is 19.3. The number of nitrogens with one attached hydrogen (secondary N) is 2. The SMILES string of the molecule is CC(CNc1cc(C(N)=O)ccc1N)=C(C)CNc1c(N)cccc1Br. The van der Waals surface area contributed by atoms with Gasteiger partial charge in [-0.05, 0) is 60.1 Å². The van der Waals surface area contributed by atoms with Gasteiger partial charge in [-0.25, -0.2) is 0 Å². The molecule has 26 heavy (non-hydrogen) atoms. The summed E-state index contributed by atoms with van der Waals surface area (Å²) >= 11 is 3.50. The van der Waals surface area contributed by atoms with Crippen LogP contribution in [0.5, 0.6) is 0 Å². The second-order valence-corrected chi connectivity index (χ2v) is 6.99. The fourth-order valence-electron chi connectivity index (χ4n) is 2.34. The Labute approximate surface area is 162 Å². The van der Waals surface area contributed by atoms with E-state index in [2.05, 4.69) is 33.5 Å². The molecular weight excluding hydrogens is 394 g/mol. The molecule has 0 atom stereocenters. The summed E-state index contributed by atoms with van der Waals surface area (Å²) in [6.07, 6.45) is 0. The third-order valence-corrected chi connectivity index (χ3v) is 4.85. The number of nitrogens with two attached hydrogens (primary N) is 3. The maximum atomic E-state index is 11.3. The monoisotopic (exact) mass is 417 g/mol. The zero-order valence-electron chi connectivity index (χ0n) is 14.9. The molecule has 0 fully saturated rings. The van der Waals surface area contributed by atoms with Crippen LogP contribution in [0.3, 0.4) is 0 Å². The third kappa shape index (κ3) is 4.92. The lowest BCUT2D eigenvalue weighted by Gasteiger charge is -2.15. The number of rotatable bonds is 7. The van der Waals surface area contributed by atoms with E-state index >= 15 is 0 Å². The van der Waals surface area contributed by atoms with Gasteiger partial charge in [-0.3, -0.25) is 4.79 Å². The Balaban J connectivity index is 2.03. The fraction of sp³-hybridized carbons (Fsp3) is 0.211. The van der Waals surface area contributed by atoms with E-state index in [9.17, 15) is 4.79 Å². The number of hydrogen-bond donors (Lipinski definition) is 5. The number of carbonyl (C=O) groups is 1. The van der Waals surface area contributed by atoms with Crippen LogP contribution in [-0.4, -0.2) is 19.0 Å². The molecule has 2 rings (SSSR count). The summed E-state index contributed by atoms with van der Waals surface area (Å²) in [6.45, 7) is 5.37. The van der Waals surface area contributed by atoms with Gasteiger partial charge >= 0.3 is 0 Å². The van der Waals surface area contributed by atoms with Crippen LogP contribution in [0.1, 0.15) is 24.2 Å². The van der Waals surface area contributed by atoms with Gasteiger partial charge in [-0.1, -0.05) is 17.2 Å². The summed E-state index contributed by atoms with van der Waals surface area (Å²) in [4.78, 5) is 11.3. The molecule has 0 spiro atoms. The molecule has 0 aliphatic rings. The van der Waals surface area contributed by atoms with Crippen LogP contribution in [0, 0.1) is 0 Å². The van der Waals surface area contributed by atoms with Crippen molar-refractivity contribution in [1.82, 2.24) is 0 Å². The minimum absolute atomic E-state index is 0.422. The predicted molar refractivity (Wildman–Crippen MR) is 113 cm³/mol. The Kier molecular flexibility index (Phi) is 6.52. The van der Waals surface area contributed by atoms with Gasteiger partial charge in [0.25, 0.3) is 0 Å². The van der Waals surface area contributed by atoms with Crippen LogP contribution >= 0.6 is 15.9 Å². The van der Waals surface area contributed by atoms with Gasteiger partial charge in [0.2, 0.25) is 5.91 Å². The van der Waals surface area contributed by atoms with Gasteiger partial charge in [0.1, 0.15) is 0 Å². The molecule has 0 bridgehead atoms. The first-order valence-electron chi connectivity index (χ1n) is 8.16. The van der Waals surface area contributed by atoms with E-state index in [1.807, 2.05) is 25.1 Å². The fourth-order valence-corrected chi connectivity index (χ4v) is 2.86. The molecule has 0 radical (unpaired) electrons. The number of benzene rings is 2. The first-order chi connectivity index (χ1) is 12.3. The number of nitrogen functional groups attached to an aromatic ring is 2. The van der Waals surface area contributed by atoms with E-state index in [4.69, 9.17) is 17.2 Å². The highest BCUT2D eigenvalue weighted by atomic mass is 79.9. The minimum atomic E-state index is -0.480. The summed E-state index contributed by atoms with van der Waals surface area (Å²) < 4.78 is 0.928. The average molecular weight is 418 g/mol. The lowest BCUT2D eigenvalue weighted by molar-refractivity contribution is 0.100. The summed E-state index contributed by atoms with van der Waals surface area (Å²) in [5, 5.41) is 6.61. The van der Waals surface area contributed by atoms with Crippen molar-refractivity contribution in [3.05, 3.63) is 57.6 Å². The van der Waals surface area contributed by atoms with Crippen molar-refractivity contribution in [1.29, 1.82) is 0 Å². The van der Waals surface area contributed by atoms with Crippen molar-refractivity contribution in [2.45, 2.75) is 13.8 Å². The van der Waals surface area contributed by atoms with Gasteiger partial charge in [0.15, 0.2) is 0 Å². The summed E-state index contributed by atoms with van der Waals surface area (Å²) in [5.74, 6) is -0.480. The molecule has 7 heteroatoms. The Morgan fingerprint density at radius 3 is 2.27 bits per heavy atom. The standard InChI is InChI=1S/C19H24BrN5O/c1-11(9-24-17-8-13(19(23)26)6-7-15(17)21)12(2)10-25-18-14(20)4-3-5-16(18)22/h3-8,24-25H,9-10,21-22H2,1-2H3,(H2,23,26). The Hall–Kier alpha value is -2.67. The maximum absolute atomic E-state index is 11.3. The smallest absolute Gasteiger partial charge is 0.248 e. The van der Waals surface area contributed by atoms with Crippen LogP contribution in [0.25, 0.3) is 0 Å². The lowest BCUT2D eigenvalue weighted by atomic mass is 10.1. The number of para-hydroxylation sites is 1. The molecule has 0 saturated heterocycles. The zero-order valence-corrected chi connectivity index (χ0v) is 16.5. The predicted octanol–water partition coefficient (Wildman–Crippen LogP) is 3.57. The Morgan fingerprint density at radius 1 is 1.00 bits per heavy atom. The molecule has 138 valence electrons. The van der Waals surface area contributed by atoms with Crippen molar-refractivity contribution < 1.29 is 4.79 Å². The molecule has 0 aromatic heterocycles. The molecule has 0 aliphatic carbocycles. The number of anilines is 4. The lowest BCUT2D eigenvalue weighted by Crippen LogP contribution is -2.14. The Bertz CT molecular complexity index is 828. The van der Waals surface area contributed by atoms with Gasteiger partial charge in [0.05, 0.1) is 22.7 Å². The van der Waals surface area contributed by atoms with E-state index in [0.29, 0.717) is 35.7 Å². The number of amides is 1. The normalized spacial score (nSPS) is 11.7. The first kappa shape index (κ1) is 19.7. The van der Waals surface area contributed by atoms with Crippen molar-refractivity contribution in [2.24, 2.45) is 5.73 Å². The van der Waals surface area contributed by atoms with Crippen molar-refractivity contribution in [2.75, 3.05) is 35.2 Å². The third-order valence-electron chi connectivity index (χ3n) is 4.19. The summed E-state index contributed by atoms with van der Waals surface area (Å²) in [7, 11) is 0. The van der Waals surface area contributed by atoms with E-state index < -0.39 is 5.91 Å². The molecule has 0 heterocycles. The van der Waals surface area contributed by atoms with Gasteiger partial charge in [-0.2, -0.15) is 0 Å². The quantitative estimate of drug-likeness (QED) is 0.348. The molecule has 2 aromatic rings. The molecule has 0 unspecified atom stereocenters. The maximum Gasteiger partial charge on any atom is 0.248 e. The van der Waals surface area contributed by atoms with Crippen LogP contribution in [-0.2, 0) is 0 Å². The van der Waals surface area contributed by atoms with Crippen molar-refractivity contribution in [3.63, 3.8) is 0 Å². The van der Waals surface area contributed by atoms with Crippen molar-refractivity contribution in [3.8, 4) is 0 Å². The topological polar surface area (TPSA) is 119 Å². The highest BCUT2D eigenvalue weighted by Crippen LogP contribution is 2.28. The van der Waals surface area contributed by atoms with E-state index in [1.54, 1.807) is 18.2 Å². The molecule has 0 aliphatic heterocycles. The second-order valence-electron chi connectivity index (χ2n) is 6.14. The molecule has 0 saturated carbocycles. The molecule has 8 N–H and O–H groups in total. The van der Waals surface area contributed by atoms with Gasteiger partial charge in [-0.15, -0.1) is 0 Å². The van der Waals surface area contributed by atoms with Gasteiger partial charge in [0, 0.05) is 23.1 Å². The molecular formula is C19H24BrN5O. The number of primary amides is 1. The van der Waals surface area contributed by atoms with Crippen LogP contribution in [0.2, 0.25) is 0 Å². The number of hydrogen-bond acceptors (Lipinski definition) is 5. The highest BCUT2D eigenvalue weighted by Gasteiger charge is 2.07. The summed E-state index contributed by atoms with van der Waals surface area (Å²) in [5.41, 5.74) is 22.9. The molecule has 2 aromatic carbocycles. The molecule has 1 amide bonds. The summed E-state index contributed by atoms with van der Waals surface area (Å²) in [6, 6.07) is 10.7. The number of halogens is 1.